The van der Waals surface area contributed by atoms with E-state index in [0.29, 0.717) is 5.69 Å². The Bertz CT molecular complexity index is 925. The fourth-order valence-electron chi connectivity index (χ4n) is 2.10. The van der Waals surface area contributed by atoms with E-state index in [9.17, 15) is 0 Å². The number of hydrazone groups is 1. The Morgan fingerprint density at radius 3 is 2.38 bits per heavy atom. The predicted octanol–water partition coefficient (Wildman–Crippen LogP) is 2.75. The quantitative estimate of drug-likeness (QED) is 0.589. The smallest absolute Gasteiger partial charge is 0.237 e. The molecule has 24 heavy (non-hydrogen) atoms. The van der Waals surface area contributed by atoms with Crippen molar-refractivity contribution in [3.63, 3.8) is 0 Å². The maximum Gasteiger partial charge on any atom is 0.237 e. The van der Waals surface area contributed by atoms with Crippen LogP contribution < -0.4 is 5.43 Å². The van der Waals surface area contributed by atoms with Crippen LogP contribution in [0.25, 0.3) is 16.9 Å². The highest BCUT2D eigenvalue weighted by Crippen LogP contribution is 2.22. The Hall–Kier alpha value is -3.97. The number of hydrogen-bond acceptors (Lipinski definition) is 6. The minimum absolute atomic E-state index is 0.235. The van der Waals surface area contributed by atoms with E-state index in [1.807, 2.05) is 42.5 Å². The summed E-state index contributed by atoms with van der Waals surface area (Å²) in [6.45, 7) is 0. The number of hydrogen-bond donors (Lipinski definition) is 1. The van der Waals surface area contributed by atoms with Crippen LogP contribution in [0.3, 0.4) is 0 Å². The molecule has 3 rings (SSSR count). The maximum absolute atomic E-state index is 8.65. The zero-order chi connectivity index (χ0) is 16.8. The van der Waals surface area contributed by atoms with Gasteiger partial charge in [0.15, 0.2) is 0 Å². The number of nitrogens with zero attached hydrogens (tertiary/aromatic N) is 6. The normalized spacial score (nSPS) is 9.58. The third kappa shape index (κ3) is 3.11. The van der Waals surface area contributed by atoms with Crippen molar-refractivity contribution in [3.05, 3.63) is 60.8 Å². The lowest BCUT2D eigenvalue weighted by molar-refractivity contribution is 0.808. The second kappa shape index (κ2) is 6.86. The van der Waals surface area contributed by atoms with Crippen LogP contribution in [0, 0.1) is 22.7 Å². The fraction of sp³-hybridized carbons (Fsp3) is 0. The lowest BCUT2D eigenvalue weighted by Crippen LogP contribution is -2.00. The third-order valence-corrected chi connectivity index (χ3v) is 3.24. The van der Waals surface area contributed by atoms with Crippen LogP contribution in [0.15, 0.2) is 65.9 Å². The van der Waals surface area contributed by atoms with Gasteiger partial charge >= 0.3 is 0 Å². The number of nitriles is 2. The van der Waals surface area contributed by atoms with Gasteiger partial charge in [0.2, 0.25) is 5.71 Å². The summed E-state index contributed by atoms with van der Waals surface area (Å²) in [5, 5.41) is 29.1. The standard InChI is InChI=1S/C17H11N7/c18-10-15(11-19)22-21-14-6-8-16(9-7-14)24-17(12-20-23-24)13-4-2-1-3-5-13/h1-9,12,21H. The first-order valence-electron chi connectivity index (χ1n) is 7.02. The number of rotatable bonds is 4. The molecule has 3 aromatic rings. The van der Waals surface area contributed by atoms with Crippen LogP contribution in [-0.2, 0) is 0 Å². The molecule has 0 saturated heterocycles. The number of aromatic nitrogens is 3. The van der Waals surface area contributed by atoms with E-state index in [1.54, 1.807) is 35.1 Å². The van der Waals surface area contributed by atoms with E-state index in [0.717, 1.165) is 16.9 Å². The Morgan fingerprint density at radius 2 is 1.71 bits per heavy atom. The molecule has 0 bridgehead atoms. The van der Waals surface area contributed by atoms with Crippen molar-refractivity contribution in [2.45, 2.75) is 0 Å². The largest absolute Gasteiger partial charge is 0.277 e. The van der Waals surface area contributed by atoms with Crippen LogP contribution in [0.4, 0.5) is 5.69 Å². The van der Waals surface area contributed by atoms with Gasteiger partial charge in [-0.05, 0) is 24.3 Å². The predicted molar refractivity (Wildman–Crippen MR) is 89.1 cm³/mol. The molecule has 7 heteroatoms. The monoisotopic (exact) mass is 313 g/mol. The van der Waals surface area contributed by atoms with Crippen molar-refractivity contribution in [2.75, 3.05) is 5.43 Å². The summed E-state index contributed by atoms with van der Waals surface area (Å²) >= 11 is 0. The van der Waals surface area contributed by atoms with E-state index in [2.05, 4.69) is 20.8 Å². The van der Waals surface area contributed by atoms with Gasteiger partial charge in [-0.2, -0.15) is 15.6 Å². The molecule has 1 N–H and O–H groups in total. The summed E-state index contributed by atoms with van der Waals surface area (Å²) in [4.78, 5) is 0. The Morgan fingerprint density at radius 1 is 1.00 bits per heavy atom. The first-order valence-corrected chi connectivity index (χ1v) is 7.02. The molecule has 0 atom stereocenters. The van der Waals surface area contributed by atoms with Crippen molar-refractivity contribution in [1.82, 2.24) is 15.0 Å². The highest BCUT2D eigenvalue weighted by atomic mass is 15.4. The minimum atomic E-state index is -0.235. The van der Waals surface area contributed by atoms with Gasteiger partial charge in [0.1, 0.15) is 12.1 Å². The van der Waals surface area contributed by atoms with Crippen LogP contribution in [-0.4, -0.2) is 20.7 Å². The van der Waals surface area contributed by atoms with Gasteiger partial charge in [-0.25, -0.2) is 4.68 Å². The number of nitrogens with one attached hydrogen (secondary N) is 1. The molecular formula is C17H11N7. The first kappa shape index (κ1) is 14.9. The molecule has 1 heterocycles. The summed E-state index contributed by atoms with van der Waals surface area (Å²) in [5.74, 6) is 0. The average molecular weight is 313 g/mol. The summed E-state index contributed by atoms with van der Waals surface area (Å²) in [5.41, 5.74) is 5.81. The van der Waals surface area contributed by atoms with Crippen LogP contribution in [0.1, 0.15) is 0 Å². The van der Waals surface area contributed by atoms with Gasteiger partial charge in [-0.1, -0.05) is 35.5 Å². The molecular weight excluding hydrogens is 302 g/mol. The van der Waals surface area contributed by atoms with E-state index in [1.165, 1.54) is 0 Å². The molecule has 0 unspecified atom stereocenters. The van der Waals surface area contributed by atoms with E-state index >= 15 is 0 Å². The Kier molecular flexibility index (Phi) is 4.27. The topological polar surface area (TPSA) is 103 Å². The summed E-state index contributed by atoms with van der Waals surface area (Å²) in [7, 11) is 0. The van der Waals surface area contributed by atoms with Gasteiger partial charge < -0.3 is 0 Å². The van der Waals surface area contributed by atoms with Crippen LogP contribution in [0.2, 0.25) is 0 Å². The summed E-state index contributed by atoms with van der Waals surface area (Å²) in [6.07, 6.45) is 1.71. The molecule has 1 aromatic heterocycles. The van der Waals surface area contributed by atoms with Crippen LogP contribution in [0.5, 0.6) is 0 Å². The van der Waals surface area contributed by atoms with Crippen molar-refractivity contribution in [1.29, 1.82) is 10.5 Å². The average Bonchev–Trinajstić information content (AvgIpc) is 3.13. The fourth-order valence-corrected chi connectivity index (χ4v) is 2.10. The lowest BCUT2D eigenvalue weighted by atomic mass is 10.1. The van der Waals surface area contributed by atoms with Crippen molar-refractivity contribution in [3.8, 4) is 29.1 Å². The van der Waals surface area contributed by atoms with Gasteiger partial charge in [-0.3, -0.25) is 5.43 Å². The number of anilines is 1. The SMILES string of the molecule is N#CC(C#N)=NNc1ccc(-n2nncc2-c2ccccc2)cc1. The molecule has 0 aliphatic heterocycles. The molecule has 7 nitrogen and oxygen atoms in total. The third-order valence-electron chi connectivity index (χ3n) is 3.24. The molecule has 0 fully saturated rings. The van der Waals surface area contributed by atoms with Crippen molar-refractivity contribution in [2.24, 2.45) is 5.10 Å². The van der Waals surface area contributed by atoms with Gasteiger partial charge in [0, 0.05) is 5.56 Å². The zero-order valence-electron chi connectivity index (χ0n) is 12.5. The molecule has 0 saturated carbocycles. The minimum Gasteiger partial charge on any atom is -0.277 e. The lowest BCUT2D eigenvalue weighted by Gasteiger charge is -2.07. The second-order valence-corrected chi connectivity index (χ2v) is 4.74. The van der Waals surface area contributed by atoms with Crippen molar-refractivity contribution >= 4 is 11.4 Å². The summed E-state index contributed by atoms with van der Waals surface area (Å²) < 4.78 is 1.73. The molecule has 2 aromatic carbocycles. The molecule has 0 aliphatic rings. The molecule has 0 radical (unpaired) electrons. The second-order valence-electron chi connectivity index (χ2n) is 4.74. The maximum atomic E-state index is 8.65. The Balaban J connectivity index is 1.86. The summed E-state index contributed by atoms with van der Waals surface area (Å²) in [6, 6.07) is 20.5. The van der Waals surface area contributed by atoms with Gasteiger partial charge in [-0.15, -0.1) is 5.10 Å². The molecule has 0 aliphatic carbocycles. The van der Waals surface area contributed by atoms with E-state index < -0.39 is 0 Å². The Labute approximate surface area is 138 Å². The first-order chi connectivity index (χ1) is 11.8. The molecule has 0 amide bonds. The van der Waals surface area contributed by atoms with Gasteiger partial charge in [0.25, 0.3) is 0 Å². The van der Waals surface area contributed by atoms with E-state index in [4.69, 9.17) is 10.5 Å². The number of benzene rings is 2. The van der Waals surface area contributed by atoms with Crippen LogP contribution >= 0.6 is 0 Å². The van der Waals surface area contributed by atoms with Crippen molar-refractivity contribution < 1.29 is 0 Å². The molecule has 0 spiro atoms. The molecule has 114 valence electrons. The highest BCUT2D eigenvalue weighted by Gasteiger charge is 2.08. The zero-order valence-corrected chi connectivity index (χ0v) is 12.5. The van der Waals surface area contributed by atoms with Gasteiger partial charge in [0.05, 0.1) is 23.3 Å². The highest BCUT2D eigenvalue weighted by molar-refractivity contribution is 6.10. The van der Waals surface area contributed by atoms with E-state index in [-0.39, 0.29) is 5.71 Å².